The van der Waals surface area contributed by atoms with Crippen molar-refractivity contribution in [1.29, 1.82) is 0 Å². The highest BCUT2D eigenvalue weighted by Crippen LogP contribution is 2.18. The molecule has 0 aliphatic carbocycles. The monoisotopic (exact) mass is 296 g/mol. The molecule has 1 aliphatic rings. The maximum atomic E-state index is 12.0. The van der Waals surface area contributed by atoms with Crippen molar-refractivity contribution in [2.45, 2.75) is 25.5 Å². The van der Waals surface area contributed by atoms with Crippen LogP contribution in [0.4, 0.5) is 5.69 Å². The molecule has 1 fully saturated rings. The van der Waals surface area contributed by atoms with Gasteiger partial charge in [0.1, 0.15) is 0 Å². The van der Waals surface area contributed by atoms with Crippen LogP contribution in [0, 0.1) is 0 Å². The van der Waals surface area contributed by atoms with Crippen molar-refractivity contribution in [3.8, 4) is 0 Å². The molecule has 1 aliphatic heterocycles. The summed E-state index contributed by atoms with van der Waals surface area (Å²) < 4.78 is 12.0. The zero-order valence-corrected chi connectivity index (χ0v) is 12.5. The van der Waals surface area contributed by atoms with Gasteiger partial charge in [0.2, 0.25) is 0 Å². The van der Waals surface area contributed by atoms with Crippen LogP contribution in [0.2, 0.25) is 0 Å². The standard InChI is InChI=1S/C14H24N4O3/c1-20-13-2-5-17(6-3-13)12-10-14(19)18(16-11-12)7-9-21-8-4-15/h10-11,13H,2-9,15H2,1H3. The first-order valence-corrected chi connectivity index (χ1v) is 7.37. The average Bonchev–Trinajstić information content (AvgIpc) is 2.53. The van der Waals surface area contributed by atoms with Crippen LogP contribution in [0.1, 0.15) is 12.8 Å². The summed E-state index contributed by atoms with van der Waals surface area (Å²) in [7, 11) is 1.75. The minimum atomic E-state index is -0.0993. The fraction of sp³-hybridized carbons (Fsp3) is 0.714. The van der Waals surface area contributed by atoms with Crippen LogP contribution in [0.3, 0.4) is 0 Å². The molecule has 7 heteroatoms. The lowest BCUT2D eigenvalue weighted by atomic mass is 10.1. The number of anilines is 1. The van der Waals surface area contributed by atoms with Crippen molar-refractivity contribution in [2.24, 2.45) is 5.73 Å². The van der Waals surface area contributed by atoms with E-state index < -0.39 is 0 Å². The molecule has 2 N–H and O–H groups in total. The summed E-state index contributed by atoms with van der Waals surface area (Å²) in [6.07, 6.45) is 4.03. The lowest BCUT2D eigenvalue weighted by Crippen LogP contribution is -2.37. The molecule has 2 heterocycles. The Morgan fingerprint density at radius 1 is 1.38 bits per heavy atom. The fourth-order valence-corrected chi connectivity index (χ4v) is 2.45. The highest BCUT2D eigenvalue weighted by molar-refractivity contribution is 5.43. The summed E-state index contributed by atoms with van der Waals surface area (Å²) in [6, 6.07) is 1.64. The molecule has 7 nitrogen and oxygen atoms in total. The van der Waals surface area contributed by atoms with Gasteiger partial charge >= 0.3 is 0 Å². The number of ether oxygens (including phenoxy) is 2. The van der Waals surface area contributed by atoms with Crippen molar-refractivity contribution in [2.75, 3.05) is 44.9 Å². The van der Waals surface area contributed by atoms with Gasteiger partial charge < -0.3 is 20.1 Å². The third-order valence-electron chi connectivity index (χ3n) is 3.71. The molecule has 2 rings (SSSR count). The molecule has 0 bridgehead atoms. The molecular formula is C14H24N4O3. The van der Waals surface area contributed by atoms with Gasteiger partial charge in [0.15, 0.2) is 0 Å². The first-order valence-electron chi connectivity index (χ1n) is 7.37. The van der Waals surface area contributed by atoms with Gasteiger partial charge in [0, 0.05) is 32.8 Å². The Balaban J connectivity index is 1.91. The highest BCUT2D eigenvalue weighted by Gasteiger charge is 2.19. The second-order valence-corrected chi connectivity index (χ2v) is 5.10. The van der Waals surface area contributed by atoms with E-state index in [1.165, 1.54) is 4.68 Å². The van der Waals surface area contributed by atoms with E-state index in [-0.39, 0.29) is 5.56 Å². The Bertz CT molecular complexity index is 483. The molecule has 118 valence electrons. The summed E-state index contributed by atoms with van der Waals surface area (Å²) in [5, 5.41) is 4.21. The van der Waals surface area contributed by atoms with Crippen LogP contribution in [-0.2, 0) is 16.0 Å². The molecule has 0 atom stereocenters. The Hall–Kier alpha value is -1.44. The van der Waals surface area contributed by atoms with Crippen molar-refractivity contribution in [3.63, 3.8) is 0 Å². The average molecular weight is 296 g/mol. The smallest absolute Gasteiger partial charge is 0.268 e. The van der Waals surface area contributed by atoms with Crippen molar-refractivity contribution >= 4 is 5.69 Å². The van der Waals surface area contributed by atoms with Gasteiger partial charge in [0.05, 0.1) is 37.7 Å². The van der Waals surface area contributed by atoms with Gasteiger partial charge in [-0.3, -0.25) is 4.79 Å². The maximum Gasteiger partial charge on any atom is 0.268 e. The van der Waals surface area contributed by atoms with Crippen LogP contribution in [-0.4, -0.2) is 55.8 Å². The van der Waals surface area contributed by atoms with Gasteiger partial charge in [0.25, 0.3) is 5.56 Å². The Kier molecular flexibility index (Phi) is 6.16. The van der Waals surface area contributed by atoms with E-state index in [4.69, 9.17) is 15.2 Å². The van der Waals surface area contributed by atoms with E-state index in [0.29, 0.717) is 32.4 Å². The molecule has 21 heavy (non-hydrogen) atoms. The normalized spacial score (nSPS) is 16.4. The molecule has 1 aromatic rings. The molecule has 0 unspecified atom stereocenters. The minimum Gasteiger partial charge on any atom is -0.381 e. The molecule has 0 spiro atoms. The first-order chi connectivity index (χ1) is 10.2. The Morgan fingerprint density at radius 3 is 2.76 bits per heavy atom. The minimum absolute atomic E-state index is 0.0993. The molecule has 1 saturated heterocycles. The van der Waals surface area contributed by atoms with E-state index in [1.807, 2.05) is 0 Å². The van der Waals surface area contributed by atoms with Crippen LogP contribution in [0.5, 0.6) is 0 Å². The topological polar surface area (TPSA) is 82.6 Å². The zero-order chi connectivity index (χ0) is 15.1. The largest absolute Gasteiger partial charge is 0.381 e. The van der Waals surface area contributed by atoms with Gasteiger partial charge in [-0.2, -0.15) is 5.10 Å². The molecule has 0 saturated carbocycles. The molecule has 0 amide bonds. The number of piperidine rings is 1. The van der Waals surface area contributed by atoms with Crippen LogP contribution < -0.4 is 16.2 Å². The Labute approximate surface area is 124 Å². The van der Waals surface area contributed by atoms with Crippen molar-refractivity contribution < 1.29 is 9.47 Å². The van der Waals surface area contributed by atoms with Gasteiger partial charge in [-0.05, 0) is 12.8 Å². The SMILES string of the molecule is COC1CCN(c2cnn(CCOCCN)c(=O)c2)CC1. The van der Waals surface area contributed by atoms with Crippen LogP contribution in [0.15, 0.2) is 17.1 Å². The number of nitrogens with zero attached hydrogens (tertiary/aromatic N) is 3. The summed E-state index contributed by atoms with van der Waals surface area (Å²) in [6.45, 7) is 3.67. The summed E-state index contributed by atoms with van der Waals surface area (Å²) in [5.74, 6) is 0. The number of aromatic nitrogens is 2. The number of hydrogen-bond donors (Lipinski definition) is 1. The number of rotatable bonds is 7. The van der Waals surface area contributed by atoms with Crippen LogP contribution >= 0.6 is 0 Å². The Morgan fingerprint density at radius 2 is 2.14 bits per heavy atom. The summed E-state index contributed by atoms with van der Waals surface area (Å²) in [4.78, 5) is 14.2. The summed E-state index contributed by atoms with van der Waals surface area (Å²) in [5.41, 5.74) is 6.12. The van der Waals surface area contributed by atoms with Gasteiger partial charge in [-0.1, -0.05) is 0 Å². The third-order valence-corrected chi connectivity index (χ3v) is 3.71. The third kappa shape index (κ3) is 4.52. The molecule has 0 radical (unpaired) electrons. The number of nitrogens with two attached hydrogens (primary N) is 1. The lowest BCUT2D eigenvalue weighted by molar-refractivity contribution is 0.0819. The van der Waals surface area contributed by atoms with Crippen molar-refractivity contribution in [1.82, 2.24) is 9.78 Å². The second kappa shape index (κ2) is 8.11. The zero-order valence-electron chi connectivity index (χ0n) is 12.5. The van der Waals surface area contributed by atoms with Crippen molar-refractivity contribution in [3.05, 3.63) is 22.6 Å². The van der Waals surface area contributed by atoms with Gasteiger partial charge in [-0.15, -0.1) is 0 Å². The van der Waals surface area contributed by atoms with Crippen LogP contribution in [0.25, 0.3) is 0 Å². The predicted octanol–water partition coefficient (Wildman–Crippen LogP) is -0.166. The highest BCUT2D eigenvalue weighted by atomic mass is 16.5. The van der Waals surface area contributed by atoms with E-state index >= 15 is 0 Å². The second-order valence-electron chi connectivity index (χ2n) is 5.10. The first kappa shape index (κ1) is 15.9. The van der Waals surface area contributed by atoms with Gasteiger partial charge in [-0.25, -0.2) is 4.68 Å². The quantitative estimate of drug-likeness (QED) is 0.704. The number of methoxy groups -OCH3 is 1. The molecule has 0 aromatic carbocycles. The maximum absolute atomic E-state index is 12.0. The fourth-order valence-electron chi connectivity index (χ4n) is 2.45. The number of hydrogen-bond acceptors (Lipinski definition) is 6. The predicted molar refractivity (Wildman–Crippen MR) is 80.6 cm³/mol. The molecular weight excluding hydrogens is 272 g/mol. The molecule has 1 aromatic heterocycles. The van der Waals surface area contributed by atoms with E-state index in [2.05, 4.69) is 10.00 Å². The lowest BCUT2D eigenvalue weighted by Gasteiger charge is -2.32. The van der Waals surface area contributed by atoms with E-state index in [9.17, 15) is 4.79 Å². The van der Waals surface area contributed by atoms with E-state index in [0.717, 1.165) is 31.6 Å². The summed E-state index contributed by atoms with van der Waals surface area (Å²) >= 11 is 0. The van der Waals surface area contributed by atoms with E-state index in [1.54, 1.807) is 19.4 Å².